The third-order valence-electron chi connectivity index (χ3n) is 4.32. The highest BCUT2D eigenvalue weighted by molar-refractivity contribution is 7.19. The molecule has 30 heavy (non-hydrogen) atoms. The van der Waals surface area contributed by atoms with Crippen molar-refractivity contribution in [2.75, 3.05) is 20.7 Å². The van der Waals surface area contributed by atoms with Gasteiger partial charge in [0.05, 0.1) is 22.4 Å². The van der Waals surface area contributed by atoms with Gasteiger partial charge < -0.3 is 14.4 Å². The quantitative estimate of drug-likeness (QED) is 0.521. The standard InChI is InChI=1S/C23H23N3O3S/c1-5-28-20-13-16(10-11-19(20)29-15(2)23(27)26(3)4)12-17(14-24)22-25-18-8-6-7-9-21(18)30-22/h6-13,15H,5H2,1-4H3/b17-12+/t15-/m0/s1. The summed E-state index contributed by atoms with van der Waals surface area (Å²) >= 11 is 1.48. The Labute approximate surface area is 180 Å². The van der Waals surface area contributed by atoms with Crippen LogP contribution in [0.2, 0.25) is 0 Å². The highest BCUT2D eigenvalue weighted by Crippen LogP contribution is 2.32. The van der Waals surface area contributed by atoms with Gasteiger partial charge in [-0.15, -0.1) is 11.3 Å². The fraction of sp³-hybridized carbons (Fsp3) is 0.261. The molecule has 0 aliphatic carbocycles. The first kappa shape index (κ1) is 21.3. The van der Waals surface area contributed by atoms with Gasteiger partial charge in [0.1, 0.15) is 11.1 Å². The Kier molecular flexibility index (Phi) is 6.70. The van der Waals surface area contributed by atoms with Crippen molar-refractivity contribution in [3.05, 3.63) is 53.0 Å². The molecule has 3 aromatic rings. The number of carbonyl (C=O) groups is 1. The molecule has 1 amide bonds. The molecule has 0 bridgehead atoms. The zero-order valence-electron chi connectivity index (χ0n) is 17.4. The molecule has 2 aromatic carbocycles. The number of allylic oxidation sites excluding steroid dienone is 1. The maximum Gasteiger partial charge on any atom is 0.262 e. The summed E-state index contributed by atoms with van der Waals surface area (Å²) in [6, 6.07) is 15.4. The summed E-state index contributed by atoms with van der Waals surface area (Å²) in [6.45, 7) is 4.03. The zero-order chi connectivity index (χ0) is 21.7. The van der Waals surface area contributed by atoms with Gasteiger partial charge in [0.15, 0.2) is 17.6 Å². The van der Waals surface area contributed by atoms with E-state index in [0.29, 0.717) is 28.7 Å². The molecule has 0 aliphatic rings. The van der Waals surface area contributed by atoms with E-state index < -0.39 is 6.10 Å². The van der Waals surface area contributed by atoms with Crippen molar-refractivity contribution in [1.29, 1.82) is 5.26 Å². The molecule has 0 aliphatic heterocycles. The average molecular weight is 422 g/mol. The van der Waals surface area contributed by atoms with Gasteiger partial charge >= 0.3 is 0 Å². The van der Waals surface area contributed by atoms with Crippen LogP contribution in [-0.4, -0.2) is 42.6 Å². The van der Waals surface area contributed by atoms with Crippen molar-refractivity contribution in [1.82, 2.24) is 9.88 Å². The lowest BCUT2D eigenvalue weighted by Crippen LogP contribution is -2.35. The molecule has 0 unspecified atom stereocenters. The molecule has 0 saturated heterocycles. The number of rotatable bonds is 7. The van der Waals surface area contributed by atoms with E-state index in [1.165, 1.54) is 16.2 Å². The largest absolute Gasteiger partial charge is 0.490 e. The molecule has 6 nitrogen and oxygen atoms in total. The molecule has 154 valence electrons. The predicted octanol–water partition coefficient (Wildman–Crippen LogP) is 4.61. The summed E-state index contributed by atoms with van der Waals surface area (Å²) in [6.07, 6.45) is 1.14. The molecule has 0 radical (unpaired) electrons. The Morgan fingerprint density at radius 1 is 1.27 bits per heavy atom. The lowest BCUT2D eigenvalue weighted by atomic mass is 10.1. The van der Waals surface area contributed by atoms with E-state index >= 15 is 0 Å². The normalized spacial score (nSPS) is 12.3. The van der Waals surface area contributed by atoms with Gasteiger partial charge in [-0.3, -0.25) is 4.79 Å². The van der Waals surface area contributed by atoms with Crippen molar-refractivity contribution >= 4 is 39.1 Å². The second-order valence-electron chi connectivity index (χ2n) is 6.79. The van der Waals surface area contributed by atoms with Crippen molar-refractivity contribution in [3.8, 4) is 17.6 Å². The van der Waals surface area contributed by atoms with E-state index in [1.54, 1.807) is 39.2 Å². The number of hydrogen-bond acceptors (Lipinski definition) is 6. The van der Waals surface area contributed by atoms with Gasteiger partial charge in [-0.1, -0.05) is 18.2 Å². The second kappa shape index (κ2) is 9.42. The second-order valence-corrected chi connectivity index (χ2v) is 7.82. The van der Waals surface area contributed by atoms with Crippen molar-refractivity contribution in [2.45, 2.75) is 20.0 Å². The third kappa shape index (κ3) is 4.78. The summed E-state index contributed by atoms with van der Waals surface area (Å²) in [5.41, 5.74) is 2.13. The smallest absolute Gasteiger partial charge is 0.262 e. The lowest BCUT2D eigenvalue weighted by Gasteiger charge is -2.20. The minimum absolute atomic E-state index is 0.135. The van der Waals surface area contributed by atoms with Crippen LogP contribution in [0, 0.1) is 11.3 Å². The summed E-state index contributed by atoms with van der Waals surface area (Å²) in [5, 5.41) is 10.3. The van der Waals surface area contributed by atoms with Crippen LogP contribution in [0.3, 0.4) is 0 Å². The van der Waals surface area contributed by atoms with Crippen molar-refractivity contribution in [2.24, 2.45) is 0 Å². The summed E-state index contributed by atoms with van der Waals surface area (Å²) in [5.74, 6) is 0.866. The van der Waals surface area contributed by atoms with Crippen LogP contribution in [0.4, 0.5) is 0 Å². The first-order chi connectivity index (χ1) is 14.4. The Morgan fingerprint density at radius 2 is 2.03 bits per heavy atom. The van der Waals surface area contributed by atoms with Crippen LogP contribution in [0.15, 0.2) is 42.5 Å². The number of amides is 1. The van der Waals surface area contributed by atoms with Crippen molar-refractivity contribution < 1.29 is 14.3 Å². The van der Waals surface area contributed by atoms with Crippen molar-refractivity contribution in [3.63, 3.8) is 0 Å². The monoisotopic (exact) mass is 421 g/mol. The summed E-state index contributed by atoms with van der Waals surface area (Å²) in [7, 11) is 3.37. The highest BCUT2D eigenvalue weighted by Gasteiger charge is 2.19. The minimum Gasteiger partial charge on any atom is -0.490 e. The molecular formula is C23H23N3O3S. The van der Waals surface area contributed by atoms with E-state index in [-0.39, 0.29) is 5.91 Å². The summed E-state index contributed by atoms with van der Waals surface area (Å²) < 4.78 is 12.6. The summed E-state index contributed by atoms with van der Waals surface area (Å²) in [4.78, 5) is 18.2. The van der Waals surface area contributed by atoms with E-state index in [4.69, 9.17) is 9.47 Å². The first-order valence-corrected chi connectivity index (χ1v) is 10.4. The maximum atomic E-state index is 12.1. The Morgan fingerprint density at radius 3 is 2.70 bits per heavy atom. The van der Waals surface area contributed by atoms with Gasteiger partial charge in [-0.2, -0.15) is 5.26 Å². The van der Waals surface area contributed by atoms with Gasteiger partial charge in [0, 0.05) is 14.1 Å². The zero-order valence-corrected chi connectivity index (χ0v) is 18.2. The van der Waals surface area contributed by atoms with Crippen LogP contribution in [0.1, 0.15) is 24.4 Å². The van der Waals surface area contributed by atoms with Crippen LogP contribution in [0.5, 0.6) is 11.5 Å². The number of thiazole rings is 1. The predicted molar refractivity (Wildman–Crippen MR) is 119 cm³/mol. The number of fused-ring (bicyclic) bond motifs is 1. The van der Waals surface area contributed by atoms with E-state index in [0.717, 1.165) is 15.8 Å². The Balaban J connectivity index is 1.92. The number of nitriles is 1. The van der Waals surface area contributed by atoms with Gasteiger partial charge in [0.2, 0.25) is 0 Å². The van der Waals surface area contributed by atoms with E-state index in [1.807, 2.05) is 37.3 Å². The molecule has 1 atom stereocenters. The van der Waals surface area contributed by atoms with Gasteiger partial charge in [-0.25, -0.2) is 4.98 Å². The van der Waals surface area contributed by atoms with Gasteiger partial charge in [-0.05, 0) is 49.8 Å². The molecule has 1 aromatic heterocycles. The molecule has 3 rings (SSSR count). The number of ether oxygens (including phenoxy) is 2. The molecule has 0 spiro atoms. The number of hydrogen-bond donors (Lipinski definition) is 0. The number of aromatic nitrogens is 1. The number of benzene rings is 2. The molecular weight excluding hydrogens is 398 g/mol. The SMILES string of the molecule is CCOc1cc(/C=C(\C#N)c2nc3ccccc3s2)ccc1O[C@@H](C)C(=O)N(C)C. The van der Waals surface area contributed by atoms with Crippen LogP contribution >= 0.6 is 11.3 Å². The molecule has 7 heteroatoms. The molecule has 0 fully saturated rings. The lowest BCUT2D eigenvalue weighted by molar-refractivity contribution is -0.135. The number of carbonyl (C=O) groups excluding carboxylic acids is 1. The highest BCUT2D eigenvalue weighted by atomic mass is 32.1. The Hall–Kier alpha value is -3.37. The topological polar surface area (TPSA) is 75.5 Å². The average Bonchev–Trinajstić information content (AvgIpc) is 3.17. The fourth-order valence-corrected chi connectivity index (χ4v) is 3.81. The minimum atomic E-state index is -0.641. The maximum absolute atomic E-state index is 12.1. The van der Waals surface area contributed by atoms with Crippen LogP contribution in [-0.2, 0) is 4.79 Å². The van der Waals surface area contributed by atoms with Crippen LogP contribution in [0.25, 0.3) is 21.9 Å². The first-order valence-electron chi connectivity index (χ1n) is 9.55. The van der Waals surface area contributed by atoms with E-state index in [9.17, 15) is 10.1 Å². The third-order valence-corrected chi connectivity index (χ3v) is 5.39. The number of para-hydroxylation sites is 1. The van der Waals surface area contributed by atoms with E-state index in [2.05, 4.69) is 11.1 Å². The molecule has 1 heterocycles. The molecule has 0 saturated carbocycles. The Bertz CT molecular complexity index is 1100. The molecule has 0 N–H and O–H groups in total. The van der Waals surface area contributed by atoms with Crippen LogP contribution < -0.4 is 9.47 Å². The fourth-order valence-electron chi connectivity index (χ4n) is 2.88. The number of likely N-dealkylation sites (N-methyl/N-ethyl adjacent to an activating group) is 1. The number of nitrogens with zero attached hydrogens (tertiary/aromatic N) is 3. The van der Waals surface area contributed by atoms with Gasteiger partial charge in [0.25, 0.3) is 5.91 Å².